The molecule has 2 aliphatic rings. The summed E-state index contributed by atoms with van der Waals surface area (Å²) in [6, 6.07) is 19.9. The van der Waals surface area contributed by atoms with Crippen molar-refractivity contribution in [3.63, 3.8) is 0 Å². The second-order valence-corrected chi connectivity index (χ2v) is 15.4. The highest BCUT2D eigenvalue weighted by atomic mass is 35.5. The van der Waals surface area contributed by atoms with Crippen molar-refractivity contribution < 1.29 is 27.4 Å². The Morgan fingerprint density at radius 1 is 1.09 bits per heavy atom. The van der Waals surface area contributed by atoms with Crippen molar-refractivity contribution in [2.75, 3.05) is 20.3 Å². The van der Waals surface area contributed by atoms with Crippen LogP contribution in [0.5, 0.6) is 5.75 Å². The molecule has 1 saturated heterocycles. The van der Waals surface area contributed by atoms with Crippen molar-refractivity contribution in [2.24, 2.45) is 0 Å². The number of fused-ring (bicyclic) bond motifs is 1. The van der Waals surface area contributed by atoms with Gasteiger partial charge in [-0.2, -0.15) is 0 Å². The molecule has 4 heterocycles. The number of benzene rings is 2. The van der Waals surface area contributed by atoms with Crippen LogP contribution in [0.1, 0.15) is 39.2 Å². The summed E-state index contributed by atoms with van der Waals surface area (Å²) in [4.78, 5) is 21.2. The van der Waals surface area contributed by atoms with Gasteiger partial charge in [0.2, 0.25) is 10.0 Å². The predicted molar refractivity (Wildman–Crippen MR) is 182 cm³/mol. The monoisotopic (exact) mass is 687 g/mol. The molecule has 0 bridgehead atoms. The molecule has 12 heteroatoms. The average Bonchev–Trinajstić information content (AvgIpc) is 3.71. The summed E-state index contributed by atoms with van der Waals surface area (Å²) in [5.41, 5.74) is 2.95. The van der Waals surface area contributed by atoms with E-state index in [1.54, 1.807) is 68.9 Å². The minimum absolute atomic E-state index is 0.173. The number of hydrogen-bond acceptors (Lipinski definition) is 9. The van der Waals surface area contributed by atoms with Crippen molar-refractivity contribution in [2.45, 2.75) is 30.3 Å². The minimum atomic E-state index is -4.11. The fraction of sp³-hybridized carbons (Fsp3) is 0.229. The summed E-state index contributed by atoms with van der Waals surface area (Å²) >= 11 is 8.36. The van der Waals surface area contributed by atoms with Crippen LogP contribution in [0.4, 0.5) is 0 Å². The van der Waals surface area contributed by atoms with Crippen LogP contribution >= 0.6 is 22.9 Å². The summed E-state index contributed by atoms with van der Waals surface area (Å²) in [5, 5.41) is 1.77. The molecule has 0 radical (unpaired) electrons. The van der Waals surface area contributed by atoms with E-state index in [4.69, 9.17) is 30.8 Å². The number of allylic oxidation sites excluding steroid dienone is 3. The first-order valence-corrected chi connectivity index (χ1v) is 17.5. The second-order valence-electron chi connectivity index (χ2n) is 11.7. The fourth-order valence-electron chi connectivity index (χ4n) is 5.71. The summed E-state index contributed by atoms with van der Waals surface area (Å²) in [5.74, 6) is 0.777. The number of aromatic nitrogens is 3. The molecule has 7 rings (SSSR count). The van der Waals surface area contributed by atoms with Gasteiger partial charge in [0, 0.05) is 33.9 Å². The number of nitrogens with zero attached hydrogens (tertiary/aromatic N) is 3. The van der Waals surface area contributed by atoms with E-state index in [1.807, 2.05) is 36.4 Å². The molecular weight excluding hydrogens is 658 g/mol. The molecule has 3 aromatic heterocycles. The smallest absolute Gasteiger partial charge is 0.250 e. The molecule has 5 aromatic rings. The maximum Gasteiger partial charge on any atom is 0.250 e. The van der Waals surface area contributed by atoms with Crippen molar-refractivity contribution in [1.82, 2.24) is 13.9 Å². The van der Waals surface area contributed by atoms with Crippen molar-refractivity contribution in [3.8, 4) is 17.0 Å². The van der Waals surface area contributed by atoms with Gasteiger partial charge in [-0.3, -0.25) is 4.79 Å². The zero-order valence-corrected chi connectivity index (χ0v) is 27.9. The number of thiazole rings is 1. The van der Waals surface area contributed by atoms with E-state index < -0.39 is 20.4 Å². The standard InChI is InChI=1S/C35H30ClN3O6S2/c1-34(47(41,42)39-30(16-26-4-3-15-37-32(26)39)25-9-5-23(19-40)6-10-25)14-13-28(29(36)17-34)31-18-38-33(46-31)35(21-44-22-35)45-20-24-7-11-27(43-2)12-8-24/h3-13,15-19H,14,20-22H2,1-2H3. The predicted octanol–water partition coefficient (Wildman–Crippen LogP) is 6.97. The van der Waals surface area contributed by atoms with Crippen LogP contribution in [0.2, 0.25) is 0 Å². The van der Waals surface area contributed by atoms with Gasteiger partial charge in [-0.1, -0.05) is 54.1 Å². The van der Waals surface area contributed by atoms with Gasteiger partial charge in [-0.15, -0.1) is 11.3 Å². The summed E-state index contributed by atoms with van der Waals surface area (Å²) < 4.78 is 46.2. The second kappa shape index (κ2) is 12.1. The number of hydrogen-bond donors (Lipinski definition) is 0. The molecule has 0 amide bonds. The number of ether oxygens (including phenoxy) is 3. The fourth-order valence-corrected chi connectivity index (χ4v) is 9.11. The number of carbonyl (C=O) groups is 1. The van der Waals surface area contributed by atoms with Crippen LogP contribution < -0.4 is 4.74 Å². The van der Waals surface area contributed by atoms with E-state index in [9.17, 15) is 13.2 Å². The van der Waals surface area contributed by atoms with Crippen LogP contribution in [0.15, 0.2) is 96.3 Å². The van der Waals surface area contributed by atoms with E-state index in [1.165, 1.54) is 15.3 Å². The van der Waals surface area contributed by atoms with E-state index >= 15 is 0 Å². The Balaban J connectivity index is 1.17. The molecule has 0 saturated carbocycles. The van der Waals surface area contributed by atoms with Gasteiger partial charge in [0.05, 0.1) is 37.5 Å². The lowest BCUT2D eigenvalue weighted by atomic mass is 9.97. The molecular formula is C35H30ClN3O6S2. The number of halogens is 1. The molecule has 1 fully saturated rings. The lowest BCUT2D eigenvalue weighted by molar-refractivity contribution is -0.222. The third kappa shape index (κ3) is 5.51. The Kier molecular flexibility index (Phi) is 8.13. The van der Waals surface area contributed by atoms with E-state index in [-0.39, 0.29) is 6.42 Å². The Morgan fingerprint density at radius 2 is 1.85 bits per heavy atom. The van der Waals surface area contributed by atoms with Gasteiger partial charge in [0.25, 0.3) is 0 Å². The number of methoxy groups -OCH3 is 1. The first kappa shape index (κ1) is 31.5. The van der Waals surface area contributed by atoms with E-state index in [0.29, 0.717) is 58.3 Å². The zero-order chi connectivity index (χ0) is 32.8. The van der Waals surface area contributed by atoms with Gasteiger partial charge in [-0.25, -0.2) is 22.4 Å². The maximum absolute atomic E-state index is 14.6. The Labute approximate surface area is 281 Å². The first-order valence-electron chi connectivity index (χ1n) is 14.8. The lowest BCUT2D eigenvalue weighted by Crippen LogP contribution is -2.48. The number of carbonyl (C=O) groups excluding carboxylic acids is 1. The van der Waals surface area contributed by atoms with E-state index in [0.717, 1.165) is 27.5 Å². The molecule has 0 N–H and O–H groups in total. The minimum Gasteiger partial charge on any atom is -0.497 e. The molecule has 47 heavy (non-hydrogen) atoms. The zero-order valence-electron chi connectivity index (χ0n) is 25.6. The van der Waals surface area contributed by atoms with Crippen LogP contribution in [-0.2, 0) is 31.7 Å². The van der Waals surface area contributed by atoms with Gasteiger partial charge in [0.15, 0.2) is 11.2 Å². The molecule has 1 aliphatic heterocycles. The highest BCUT2D eigenvalue weighted by Gasteiger charge is 2.46. The lowest BCUT2D eigenvalue weighted by Gasteiger charge is -2.39. The van der Waals surface area contributed by atoms with Gasteiger partial charge < -0.3 is 14.2 Å². The number of pyridine rings is 1. The number of rotatable bonds is 10. The molecule has 1 aliphatic carbocycles. The third-order valence-electron chi connectivity index (χ3n) is 8.60. The topological polar surface area (TPSA) is 110 Å². The van der Waals surface area contributed by atoms with Crippen LogP contribution in [0.25, 0.3) is 27.9 Å². The Bertz CT molecular complexity index is 2150. The normalized spacial score (nSPS) is 19.1. The molecule has 0 spiro atoms. The maximum atomic E-state index is 14.6. The van der Waals surface area contributed by atoms with E-state index in [2.05, 4.69) is 4.98 Å². The van der Waals surface area contributed by atoms with Crippen molar-refractivity contribution in [1.29, 1.82) is 0 Å². The van der Waals surface area contributed by atoms with Crippen LogP contribution in [0.3, 0.4) is 0 Å². The summed E-state index contributed by atoms with van der Waals surface area (Å²) in [6.45, 7) is 2.81. The first-order chi connectivity index (χ1) is 22.7. The Morgan fingerprint density at radius 3 is 2.51 bits per heavy atom. The molecule has 2 aromatic carbocycles. The Hall–Kier alpha value is -4.13. The number of aldehydes is 1. The summed E-state index contributed by atoms with van der Waals surface area (Å²) in [7, 11) is -2.48. The van der Waals surface area contributed by atoms with Crippen LogP contribution in [0, 0.1) is 0 Å². The molecule has 9 nitrogen and oxygen atoms in total. The largest absolute Gasteiger partial charge is 0.497 e. The van der Waals surface area contributed by atoms with Gasteiger partial charge >= 0.3 is 0 Å². The van der Waals surface area contributed by atoms with Crippen molar-refractivity contribution >= 4 is 55.9 Å². The van der Waals surface area contributed by atoms with Gasteiger partial charge in [0.1, 0.15) is 21.8 Å². The molecule has 1 unspecified atom stereocenters. The summed E-state index contributed by atoms with van der Waals surface area (Å²) in [6.07, 6.45) is 7.71. The third-order valence-corrected chi connectivity index (χ3v) is 12.4. The highest BCUT2D eigenvalue weighted by molar-refractivity contribution is 7.91. The average molecular weight is 688 g/mol. The quantitative estimate of drug-likeness (QED) is 0.145. The SMILES string of the molecule is COc1ccc(COC2(c3ncc(C4=CCC(C)(S(=O)(=O)n5c(-c6ccc(C=O)cc6)cc6cccnc65)C=C4Cl)s3)COC2)cc1. The van der Waals surface area contributed by atoms with Crippen molar-refractivity contribution in [3.05, 3.63) is 117 Å². The van der Waals surface area contributed by atoms with Gasteiger partial charge in [-0.05, 0) is 60.9 Å². The molecule has 240 valence electrons. The highest BCUT2D eigenvalue weighted by Crippen LogP contribution is 2.45. The molecule has 1 atom stereocenters. The van der Waals surface area contributed by atoms with Crippen LogP contribution in [-0.4, -0.2) is 53.7 Å².